The van der Waals surface area contributed by atoms with Crippen LogP contribution >= 0.6 is 0 Å². The minimum Gasteiger partial charge on any atom is -0.398 e. The molecule has 9 heteroatoms. The Hall–Kier alpha value is -5.57. The maximum atomic E-state index is 15.9. The second-order valence-corrected chi connectivity index (χ2v) is 9.92. The first-order valence-corrected chi connectivity index (χ1v) is 13.3. The molecule has 8 nitrogen and oxygen atoms in total. The van der Waals surface area contributed by atoms with Gasteiger partial charge in [-0.25, -0.2) is 19.0 Å². The number of carbonyl (C=O) groups excluding carboxylic acids is 1. The van der Waals surface area contributed by atoms with Gasteiger partial charge in [0.25, 0.3) is 5.56 Å². The van der Waals surface area contributed by atoms with Gasteiger partial charge in [0.15, 0.2) is 0 Å². The molecule has 0 aliphatic heterocycles. The van der Waals surface area contributed by atoms with Crippen molar-refractivity contribution in [3.63, 3.8) is 0 Å². The van der Waals surface area contributed by atoms with Crippen LogP contribution in [0.5, 0.6) is 0 Å². The summed E-state index contributed by atoms with van der Waals surface area (Å²) in [5.41, 5.74) is 9.79. The summed E-state index contributed by atoms with van der Waals surface area (Å²) in [5, 5.41) is 3.07. The summed E-state index contributed by atoms with van der Waals surface area (Å²) < 4.78 is 19.0. The number of aryl methyl sites for hydroxylation is 1. The third kappa shape index (κ3) is 4.23. The van der Waals surface area contributed by atoms with E-state index < -0.39 is 17.2 Å². The van der Waals surface area contributed by atoms with Gasteiger partial charge in [-0.3, -0.25) is 14.3 Å². The summed E-state index contributed by atoms with van der Waals surface area (Å²) in [5.74, 6) is -0.729. The van der Waals surface area contributed by atoms with Gasteiger partial charge < -0.3 is 11.1 Å². The Morgan fingerprint density at radius 1 is 0.952 bits per heavy atom. The summed E-state index contributed by atoms with van der Waals surface area (Å²) in [6, 6.07) is 24.9. The van der Waals surface area contributed by atoms with Gasteiger partial charge in [0.1, 0.15) is 11.4 Å². The van der Waals surface area contributed by atoms with Gasteiger partial charge in [-0.05, 0) is 42.8 Å². The van der Waals surface area contributed by atoms with Gasteiger partial charge in [0, 0.05) is 42.5 Å². The van der Waals surface area contributed by atoms with E-state index in [1.54, 1.807) is 62.1 Å². The fourth-order valence-electron chi connectivity index (χ4n) is 5.40. The standard InChI is InChI=1S/C33H27FN6O2/c1-19-14-15-23(29(35)26(19)22-16-17-25-24(28(22)34)18-37-33(36-2)38-25)31(41)27-30(20-10-6-4-7-11-20)39(3)40(32(27)42)21-12-8-5-9-13-21/h4-18H,35H2,1-3H3,(H,36,37,38). The molecule has 2 heterocycles. The molecule has 0 radical (unpaired) electrons. The number of hydrogen-bond acceptors (Lipinski definition) is 6. The number of nitrogens with one attached hydrogen (secondary N) is 1. The van der Waals surface area contributed by atoms with Crippen LogP contribution in [-0.2, 0) is 7.05 Å². The van der Waals surface area contributed by atoms with Gasteiger partial charge in [-0.15, -0.1) is 0 Å². The highest BCUT2D eigenvalue weighted by Gasteiger charge is 2.29. The number of carbonyl (C=O) groups is 1. The number of nitrogen functional groups attached to an aromatic ring is 1. The van der Waals surface area contributed by atoms with Crippen molar-refractivity contribution in [1.82, 2.24) is 19.3 Å². The van der Waals surface area contributed by atoms with E-state index >= 15 is 4.39 Å². The van der Waals surface area contributed by atoms with Gasteiger partial charge in [-0.2, -0.15) is 0 Å². The Morgan fingerprint density at radius 2 is 1.64 bits per heavy atom. The van der Waals surface area contributed by atoms with Crippen molar-refractivity contribution in [2.45, 2.75) is 6.92 Å². The normalized spacial score (nSPS) is 11.1. The fourth-order valence-corrected chi connectivity index (χ4v) is 5.40. The first kappa shape index (κ1) is 26.6. The average Bonchev–Trinajstić information content (AvgIpc) is 3.28. The third-order valence-electron chi connectivity index (χ3n) is 7.43. The topological polar surface area (TPSA) is 108 Å². The number of rotatable bonds is 6. The smallest absolute Gasteiger partial charge is 0.283 e. The molecule has 0 fully saturated rings. The number of nitrogens with two attached hydrogens (primary N) is 1. The number of benzene rings is 4. The number of nitrogens with zero attached hydrogens (tertiary/aromatic N) is 4. The molecule has 3 N–H and O–H groups in total. The van der Waals surface area contributed by atoms with Crippen molar-refractivity contribution in [3.05, 3.63) is 124 Å². The van der Waals surface area contributed by atoms with E-state index in [0.717, 1.165) is 0 Å². The molecule has 0 saturated heterocycles. The van der Waals surface area contributed by atoms with Gasteiger partial charge in [0.2, 0.25) is 11.7 Å². The molecule has 0 bridgehead atoms. The Balaban J connectivity index is 1.56. The summed E-state index contributed by atoms with van der Waals surface area (Å²) in [6.07, 6.45) is 1.41. The monoisotopic (exact) mass is 558 g/mol. The lowest BCUT2D eigenvalue weighted by molar-refractivity contribution is 0.103. The Bertz CT molecular complexity index is 2050. The molecular formula is C33H27FN6O2. The Labute approximate surface area is 240 Å². The highest BCUT2D eigenvalue weighted by molar-refractivity contribution is 6.16. The van der Waals surface area contributed by atoms with Crippen molar-refractivity contribution >= 4 is 28.3 Å². The highest BCUT2D eigenvalue weighted by atomic mass is 19.1. The van der Waals surface area contributed by atoms with Crippen LogP contribution in [0.3, 0.4) is 0 Å². The highest BCUT2D eigenvalue weighted by Crippen LogP contribution is 2.37. The maximum absolute atomic E-state index is 15.9. The third-order valence-corrected chi connectivity index (χ3v) is 7.43. The summed E-state index contributed by atoms with van der Waals surface area (Å²) in [4.78, 5) is 36.8. The van der Waals surface area contributed by atoms with E-state index in [1.165, 1.54) is 10.9 Å². The van der Waals surface area contributed by atoms with Crippen molar-refractivity contribution in [2.24, 2.45) is 7.05 Å². The molecule has 0 amide bonds. The van der Waals surface area contributed by atoms with Crippen molar-refractivity contribution in [2.75, 3.05) is 18.1 Å². The van der Waals surface area contributed by atoms with Gasteiger partial charge in [0.05, 0.1) is 28.0 Å². The molecule has 4 aromatic carbocycles. The van der Waals surface area contributed by atoms with Gasteiger partial charge in [-0.1, -0.05) is 54.6 Å². The first-order chi connectivity index (χ1) is 20.3. The quantitative estimate of drug-likeness (QED) is 0.199. The zero-order chi connectivity index (χ0) is 29.5. The van der Waals surface area contributed by atoms with Crippen LogP contribution < -0.4 is 16.6 Å². The van der Waals surface area contributed by atoms with Crippen molar-refractivity contribution in [1.29, 1.82) is 0 Å². The zero-order valence-electron chi connectivity index (χ0n) is 23.2. The van der Waals surface area contributed by atoms with E-state index in [-0.39, 0.29) is 27.8 Å². The van der Waals surface area contributed by atoms with Crippen LogP contribution in [0.1, 0.15) is 21.5 Å². The first-order valence-electron chi connectivity index (χ1n) is 13.3. The van der Waals surface area contributed by atoms with E-state index in [4.69, 9.17) is 5.73 Å². The molecule has 42 heavy (non-hydrogen) atoms. The number of ketones is 1. The summed E-state index contributed by atoms with van der Waals surface area (Å²) in [7, 11) is 3.42. The lowest BCUT2D eigenvalue weighted by atomic mass is 9.91. The molecular weight excluding hydrogens is 531 g/mol. The summed E-state index contributed by atoms with van der Waals surface area (Å²) >= 11 is 0. The van der Waals surface area contributed by atoms with E-state index in [0.29, 0.717) is 39.5 Å². The molecule has 6 rings (SSSR count). The Kier molecular flexibility index (Phi) is 6.62. The molecule has 2 aromatic heterocycles. The molecule has 0 spiro atoms. The average molecular weight is 559 g/mol. The van der Waals surface area contributed by atoms with Crippen LogP contribution in [0, 0.1) is 12.7 Å². The molecule has 0 saturated carbocycles. The Morgan fingerprint density at radius 3 is 2.33 bits per heavy atom. The van der Waals surface area contributed by atoms with E-state index in [9.17, 15) is 9.59 Å². The van der Waals surface area contributed by atoms with E-state index in [2.05, 4.69) is 15.3 Å². The van der Waals surface area contributed by atoms with Crippen molar-refractivity contribution < 1.29 is 9.18 Å². The fraction of sp³-hybridized carbons (Fsp3) is 0.0909. The lowest BCUT2D eigenvalue weighted by Gasteiger charge is -2.15. The van der Waals surface area contributed by atoms with Crippen LogP contribution in [0.15, 0.2) is 95.9 Å². The molecule has 208 valence electrons. The molecule has 0 aliphatic rings. The van der Waals surface area contributed by atoms with Crippen LogP contribution in [0.25, 0.3) is 39.0 Å². The lowest BCUT2D eigenvalue weighted by Crippen LogP contribution is -2.23. The second kappa shape index (κ2) is 10.4. The molecule has 0 aliphatic carbocycles. The summed E-state index contributed by atoms with van der Waals surface area (Å²) in [6.45, 7) is 1.80. The number of fused-ring (bicyclic) bond motifs is 1. The number of halogens is 1. The number of para-hydroxylation sites is 1. The molecule has 6 aromatic rings. The predicted octanol–water partition coefficient (Wildman–Crippen LogP) is 5.76. The zero-order valence-corrected chi connectivity index (χ0v) is 23.2. The number of aromatic nitrogens is 4. The minimum absolute atomic E-state index is 0.0268. The molecule has 0 atom stereocenters. The molecule has 0 unspecified atom stereocenters. The SMILES string of the molecule is CNc1ncc2c(F)c(-c3c(C)ccc(C(=O)c4c(-c5ccccc5)n(C)n(-c5ccccc5)c4=O)c3N)ccc2n1. The van der Waals surface area contributed by atoms with Crippen LogP contribution in [0.2, 0.25) is 0 Å². The van der Waals surface area contributed by atoms with E-state index in [1.807, 2.05) is 48.5 Å². The number of anilines is 2. The van der Waals surface area contributed by atoms with Gasteiger partial charge >= 0.3 is 0 Å². The largest absolute Gasteiger partial charge is 0.398 e. The minimum atomic E-state index is -0.550. The predicted molar refractivity (Wildman–Crippen MR) is 164 cm³/mol. The van der Waals surface area contributed by atoms with Crippen LogP contribution in [-0.4, -0.2) is 32.2 Å². The van der Waals surface area contributed by atoms with Crippen LogP contribution in [0.4, 0.5) is 16.0 Å². The maximum Gasteiger partial charge on any atom is 0.283 e. The number of hydrogen-bond donors (Lipinski definition) is 2. The van der Waals surface area contributed by atoms with Crippen molar-refractivity contribution in [3.8, 4) is 28.1 Å². The second-order valence-electron chi connectivity index (χ2n) is 9.92.